The smallest absolute Gasteiger partial charge is 0.00538 e. The second-order valence-corrected chi connectivity index (χ2v) is 11.9. The minimum Gasteiger partial charge on any atom is -0.109 e. The minimum atomic E-state index is 0.0854. The van der Waals surface area contributed by atoms with Gasteiger partial charge in [-0.15, -0.1) is 15.8 Å². The Hall–Kier alpha value is -0.180. The highest BCUT2D eigenvalue weighted by atomic mass is 31.1. The summed E-state index contributed by atoms with van der Waals surface area (Å²) in [6.45, 7) is 14.5. The van der Waals surface area contributed by atoms with Crippen molar-refractivity contribution in [2.45, 2.75) is 31.6 Å². The maximum Gasteiger partial charge on any atom is 0.00538 e. The Morgan fingerprint density at radius 1 is 1.10 bits per heavy atom. The molecule has 0 saturated heterocycles. The summed E-state index contributed by atoms with van der Waals surface area (Å²) >= 11 is 0. The van der Waals surface area contributed by atoms with Crippen LogP contribution in [0.1, 0.15) is 20.3 Å². The molecule has 2 rings (SSSR count). The van der Waals surface area contributed by atoms with Crippen molar-refractivity contribution in [3.8, 4) is 0 Å². The normalized spacial score (nSPS) is 28.6. The standard InChI is InChI=1S/C18H28P2/c1-13(19(3)4)15-9-7-11-17(15)18-12-8-10-16(18)14(2)20(5)6/h7-11,13-14,16H,12H2,1-6H3. The van der Waals surface area contributed by atoms with Crippen molar-refractivity contribution < 1.29 is 0 Å². The molecular formula is C18H28P2. The first-order chi connectivity index (χ1) is 9.43. The molecule has 0 saturated carbocycles. The molecule has 0 aliphatic heterocycles. The zero-order valence-electron chi connectivity index (χ0n) is 13.7. The summed E-state index contributed by atoms with van der Waals surface area (Å²) in [5.41, 5.74) is 6.34. The van der Waals surface area contributed by atoms with Gasteiger partial charge in [-0.05, 0) is 49.9 Å². The highest BCUT2D eigenvalue weighted by molar-refractivity contribution is 7.57. The number of rotatable bonds is 4. The summed E-state index contributed by atoms with van der Waals surface area (Å²) in [7, 11) is 0.205. The predicted molar refractivity (Wildman–Crippen MR) is 98.0 cm³/mol. The molecule has 0 spiro atoms. The molecule has 3 atom stereocenters. The SMILES string of the molecule is CC(C1=CC=CC1=C1CC=CC1C(C)P(C)C)P(C)C. The quantitative estimate of drug-likeness (QED) is 0.467. The van der Waals surface area contributed by atoms with Crippen LogP contribution in [0.15, 0.2) is 47.1 Å². The summed E-state index contributed by atoms with van der Waals surface area (Å²) in [4.78, 5) is 0. The van der Waals surface area contributed by atoms with E-state index in [0.29, 0.717) is 11.6 Å². The molecule has 2 aliphatic carbocycles. The average Bonchev–Trinajstić information content (AvgIpc) is 3.04. The lowest BCUT2D eigenvalue weighted by Gasteiger charge is -2.27. The summed E-state index contributed by atoms with van der Waals surface area (Å²) in [5.74, 6) is 0.671. The molecule has 0 N–H and O–H groups in total. The van der Waals surface area contributed by atoms with Crippen LogP contribution >= 0.6 is 15.8 Å². The fourth-order valence-electron chi connectivity index (χ4n) is 3.03. The molecule has 0 aromatic rings. The molecule has 0 nitrogen and oxygen atoms in total. The zero-order chi connectivity index (χ0) is 14.9. The molecule has 2 aliphatic rings. The first kappa shape index (κ1) is 16.2. The molecule has 0 aromatic carbocycles. The van der Waals surface area contributed by atoms with Gasteiger partial charge in [0, 0.05) is 11.6 Å². The summed E-state index contributed by atoms with van der Waals surface area (Å²) in [5, 5.41) is 0. The third-order valence-corrected chi connectivity index (χ3v) is 8.62. The summed E-state index contributed by atoms with van der Waals surface area (Å²) < 4.78 is 0. The lowest BCUT2D eigenvalue weighted by Crippen LogP contribution is -2.15. The molecule has 0 bridgehead atoms. The third-order valence-electron chi connectivity index (χ3n) is 4.84. The Morgan fingerprint density at radius 2 is 1.80 bits per heavy atom. The number of allylic oxidation sites excluding steroid dienone is 8. The molecular weight excluding hydrogens is 278 g/mol. The molecule has 20 heavy (non-hydrogen) atoms. The number of hydrogen-bond donors (Lipinski definition) is 0. The predicted octanol–water partition coefficient (Wildman–Crippen LogP) is 5.62. The first-order valence-electron chi connectivity index (χ1n) is 7.54. The molecule has 2 heteroatoms. The lowest BCUT2D eigenvalue weighted by molar-refractivity contribution is 0.742. The molecule has 0 fully saturated rings. The molecule has 0 heterocycles. The van der Waals surface area contributed by atoms with Crippen molar-refractivity contribution in [3.05, 3.63) is 47.1 Å². The van der Waals surface area contributed by atoms with Crippen molar-refractivity contribution in [1.82, 2.24) is 0 Å². The van der Waals surface area contributed by atoms with Gasteiger partial charge < -0.3 is 0 Å². The molecule has 0 amide bonds. The highest BCUT2D eigenvalue weighted by Gasteiger charge is 2.29. The van der Waals surface area contributed by atoms with Crippen LogP contribution in [-0.4, -0.2) is 38.0 Å². The Morgan fingerprint density at radius 3 is 2.40 bits per heavy atom. The van der Waals surface area contributed by atoms with Crippen LogP contribution in [0, 0.1) is 5.92 Å². The Bertz CT molecular complexity index is 478. The minimum absolute atomic E-state index is 0.0854. The van der Waals surface area contributed by atoms with Gasteiger partial charge in [0.15, 0.2) is 0 Å². The van der Waals surface area contributed by atoms with E-state index in [0.717, 1.165) is 12.1 Å². The van der Waals surface area contributed by atoms with Crippen molar-refractivity contribution >= 4 is 15.8 Å². The van der Waals surface area contributed by atoms with Gasteiger partial charge >= 0.3 is 0 Å². The summed E-state index contributed by atoms with van der Waals surface area (Å²) in [6.07, 6.45) is 13.0. The maximum atomic E-state index is 2.46. The van der Waals surface area contributed by atoms with Gasteiger partial charge in [0.05, 0.1) is 0 Å². The Balaban J connectivity index is 2.32. The lowest BCUT2D eigenvalue weighted by atomic mass is 9.91. The molecule has 0 radical (unpaired) electrons. The van der Waals surface area contributed by atoms with E-state index in [2.05, 4.69) is 70.9 Å². The van der Waals surface area contributed by atoms with Crippen LogP contribution in [-0.2, 0) is 0 Å². The van der Waals surface area contributed by atoms with E-state index in [-0.39, 0.29) is 15.8 Å². The van der Waals surface area contributed by atoms with Gasteiger partial charge in [0.1, 0.15) is 0 Å². The zero-order valence-corrected chi connectivity index (χ0v) is 15.5. The topological polar surface area (TPSA) is 0 Å². The van der Waals surface area contributed by atoms with E-state index >= 15 is 0 Å². The van der Waals surface area contributed by atoms with Crippen molar-refractivity contribution in [1.29, 1.82) is 0 Å². The first-order valence-corrected chi connectivity index (χ1v) is 12.2. The maximum absolute atomic E-state index is 2.46. The van der Waals surface area contributed by atoms with Gasteiger partial charge in [0.2, 0.25) is 0 Å². The largest absolute Gasteiger partial charge is 0.109 e. The van der Waals surface area contributed by atoms with E-state index < -0.39 is 0 Å². The Kier molecular flexibility index (Phi) is 5.44. The van der Waals surface area contributed by atoms with Crippen LogP contribution in [0.5, 0.6) is 0 Å². The third kappa shape index (κ3) is 3.18. The second kappa shape index (κ2) is 6.72. The van der Waals surface area contributed by atoms with Gasteiger partial charge in [-0.25, -0.2) is 0 Å². The summed E-state index contributed by atoms with van der Waals surface area (Å²) in [6, 6.07) is 0. The fourth-order valence-corrected chi connectivity index (χ4v) is 4.73. The van der Waals surface area contributed by atoms with Gasteiger partial charge in [-0.3, -0.25) is 0 Å². The van der Waals surface area contributed by atoms with Crippen molar-refractivity contribution in [2.24, 2.45) is 5.92 Å². The van der Waals surface area contributed by atoms with Crippen LogP contribution in [0.3, 0.4) is 0 Å². The van der Waals surface area contributed by atoms with Crippen molar-refractivity contribution in [3.63, 3.8) is 0 Å². The van der Waals surface area contributed by atoms with E-state index in [9.17, 15) is 0 Å². The molecule has 3 unspecified atom stereocenters. The second-order valence-electron chi connectivity index (χ2n) is 6.42. The van der Waals surface area contributed by atoms with Crippen LogP contribution in [0.2, 0.25) is 0 Å². The fraction of sp³-hybridized carbons (Fsp3) is 0.556. The molecule has 0 aromatic heterocycles. The van der Waals surface area contributed by atoms with E-state index in [1.165, 1.54) is 0 Å². The van der Waals surface area contributed by atoms with E-state index in [4.69, 9.17) is 0 Å². The number of hydrogen-bond acceptors (Lipinski definition) is 0. The van der Waals surface area contributed by atoms with Crippen LogP contribution in [0.4, 0.5) is 0 Å². The highest BCUT2D eigenvalue weighted by Crippen LogP contribution is 2.48. The van der Waals surface area contributed by atoms with Gasteiger partial charge in [-0.1, -0.05) is 49.8 Å². The van der Waals surface area contributed by atoms with Gasteiger partial charge in [0.25, 0.3) is 0 Å². The molecule has 110 valence electrons. The van der Waals surface area contributed by atoms with Crippen LogP contribution in [0.25, 0.3) is 0 Å². The van der Waals surface area contributed by atoms with Gasteiger partial charge in [-0.2, -0.15) is 0 Å². The van der Waals surface area contributed by atoms with Crippen molar-refractivity contribution in [2.75, 3.05) is 26.7 Å². The monoisotopic (exact) mass is 306 g/mol. The van der Waals surface area contributed by atoms with Crippen LogP contribution < -0.4 is 0 Å². The Labute approximate surface area is 127 Å². The van der Waals surface area contributed by atoms with E-state index in [1.807, 2.05) is 0 Å². The van der Waals surface area contributed by atoms with E-state index in [1.54, 1.807) is 16.7 Å². The average molecular weight is 306 g/mol.